The molecule has 3 rings (SSSR count). The predicted molar refractivity (Wildman–Crippen MR) is 133 cm³/mol. The zero-order valence-corrected chi connectivity index (χ0v) is 21.4. The molecule has 1 aromatic carbocycles. The first-order valence-corrected chi connectivity index (χ1v) is 12.2. The van der Waals surface area contributed by atoms with E-state index in [0.717, 1.165) is 11.6 Å². The highest BCUT2D eigenvalue weighted by Gasteiger charge is 2.20. The average Bonchev–Trinajstić information content (AvgIpc) is 3.42. The van der Waals surface area contributed by atoms with Gasteiger partial charge in [-0.3, -0.25) is 4.79 Å². The molecule has 0 bridgehead atoms. The summed E-state index contributed by atoms with van der Waals surface area (Å²) in [6, 6.07) is 3.30. The predicted octanol–water partition coefficient (Wildman–Crippen LogP) is 8.04. The van der Waals surface area contributed by atoms with Crippen LogP contribution in [0, 0.1) is 11.7 Å². The lowest BCUT2D eigenvalue weighted by molar-refractivity contribution is -0.119. The summed E-state index contributed by atoms with van der Waals surface area (Å²) in [5, 5.41) is 6.24. The van der Waals surface area contributed by atoms with E-state index in [1.165, 1.54) is 70.4 Å². The molecule has 3 nitrogen and oxygen atoms in total. The molecule has 1 aromatic rings. The van der Waals surface area contributed by atoms with Gasteiger partial charge in [0.05, 0.1) is 10.0 Å². The molecule has 2 unspecified atom stereocenters. The second-order valence-electron chi connectivity index (χ2n) is 8.04. The Hall–Kier alpha value is -1.26. The van der Waals surface area contributed by atoms with Crippen molar-refractivity contribution < 1.29 is 9.18 Å². The molecule has 2 N–H and O–H groups in total. The Morgan fingerprint density at radius 2 is 1.65 bits per heavy atom. The Morgan fingerprint density at radius 3 is 2.06 bits per heavy atom. The summed E-state index contributed by atoms with van der Waals surface area (Å²) in [4.78, 5) is 10.6. The average molecular weight is 476 g/mol. The molecule has 2 atom stereocenters. The third-order valence-corrected chi connectivity index (χ3v) is 5.89. The van der Waals surface area contributed by atoms with Gasteiger partial charge < -0.3 is 10.6 Å². The molecule has 0 radical (unpaired) electrons. The second-order valence-corrected chi connectivity index (χ2v) is 8.82. The van der Waals surface area contributed by atoms with Crippen LogP contribution in [-0.4, -0.2) is 11.9 Å². The first kappa shape index (κ1) is 29.7. The number of halogens is 3. The van der Waals surface area contributed by atoms with Crippen molar-refractivity contribution in [1.82, 2.24) is 10.6 Å². The van der Waals surface area contributed by atoms with Crippen LogP contribution in [0.2, 0.25) is 10.0 Å². The summed E-state index contributed by atoms with van der Waals surface area (Å²) in [7, 11) is 0. The minimum Gasteiger partial charge on any atom is -0.386 e. The third-order valence-electron chi connectivity index (χ3n) is 5.05. The fraction of sp³-hybridized carbons (Fsp3) is 0.640. The number of hydrogen-bond acceptors (Lipinski definition) is 2. The van der Waals surface area contributed by atoms with Crippen LogP contribution < -0.4 is 10.6 Å². The summed E-state index contributed by atoms with van der Waals surface area (Å²) in [5.41, 5.74) is 1.31. The number of carbonyl (C=O) groups is 1. The van der Waals surface area contributed by atoms with Crippen LogP contribution in [0.3, 0.4) is 0 Å². The topological polar surface area (TPSA) is 41.1 Å². The van der Waals surface area contributed by atoms with E-state index in [9.17, 15) is 9.18 Å². The fourth-order valence-corrected chi connectivity index (χ4v) is 3.91. The van der Waals surface area contributed by atoms with Gasteiger partial charge in [0.25, 0.3) is 0 Å². The molecule has 31 heavy (non-hydrogen) atoms. The van der Waals surface area contributed by atoms with E-state index in [1.807, 2.05) is 20.8 Å². The Kier molecular flexibility index (Phi) is 16.6. The molecule has 2 saturated carbocycles. The maximum absolute atomic E-state index is 13.2. The lowest BCUT2D eigenvalue weighted by Gasteiger charge is -2.12. The standard InChI is InChI=1S/C9H8Cl2FNO.C9H17N.C5H10.C2H6/c1-5(14)13-4-6-8(12)3-2-7(10)9(6)11;1-7(2)10-9-5-4-8(3)6-9;1-2-4-5-3-1;1-2/h2-3H,4H2,1H3,(H,13,14);8-10H,1,4-6H2,2-3H3;1-5H2;1-2H3. The zero-order chi connectivity index (χ0) is 23.8. The SMILES string of the molecule is C1CCCC1.C=C(C)NC1CCC(C)C1.CC.CC(=O)NCc1c(F)ccc(Cl)c1Cl. The maximum atomic E-state index is 13.2. The maximum Gasteiger partial charge on any atom is 0.217 e. The van der Waals surface area contributed by atoms with Crippen molar-refractivity contribution in [2.24, 2.45) is 5.92 Å². The van der Waals surface area contributed by atoms with Crippen LogP contribution in [-0.2, 0) is 11.3 Å². The lowest BCUT2D eigenvalue weighted by atomic mass is 10.1. The largest absolute Gasteiger partial charge is 0.386 e. The summed E-state index contributed by atoms with van der Waals surface area (Å²) in [6.45, 7) is 13.6. The third kappa shape index (κ3) is 13.7. The molecule has 0 aromatic heterocycles. The van der Waals surface area contributed by atoms with Gasteiger partial charge in [-0.1, -0.05) is 82.7 Å². The van der Waals surface area contributed by atoms with E-state index in [2.05, 4.69) is 24.1 Å². The molecule has 0 heterocycles. The van der Waals surface area contributed by atoms with E-state index >= 15 is 0 Å². The van der Waals surface area contributed by atoms with Crippen LogP contribution in [0.1, 0.15) is 91.5 Å². The van der Waals surface area contributed by atoms with Crippen molar-refractivity contribution in [3.63, 3.8) is 0 Å². The Labute approximate surface area is 199 Å². The molecule has 178 valence electrons. The number of amides is 1. The van der Waals surface area contributed by atoms with E-state index in [-0.39, 0.29) is 28.1 Å². The Morgan fingerprint density at radius 1 is 1.10 bits per heavy atom. The summed E-state index contributed by atoms with van der Waals surface area (Å²) in [5.74, 6) is 0.186. The number of rotatable bonds is 4. The van der Waals surface area contributed by atoms with E-state index in [4.69, 9.17) is 23.2 Å². The molecule has 2 aliphatic carbocycles. The van der Waals surface area contributed by atoms with Crippen LogP contribution in [0.25, 0.3) is 0 Å². The van der Waals surface area contributed by atoms with E-state index in [0.29, 0.717) is 6.04 Å². The van der Waals surface area contributed by atoms with Crippen molar-refractivity contribution >= 4 is 29.1 Å². The Balaban J connectivity index is 0.000000458. The molecule has 6 heteroatoms. The summed E-state index contributed by atoms with van der Waals surface area (Å²) >= 11 is 11.4. The first-order chi connectivity index (χ1) is 14.7. The first-order valence-electron chi connectivity index (χ1n) is 11.5. The highest BCUT2D eigenvalue weighted by Crippen LogP contribution is 2.27. The minimum atomic E-state index is -0.479. The van der Waals surface area contributed by atoms with Gasteiger partial charge in [0.15, 0.2) is 0 Å². The van der Waals surface area contributed by atoms with E-state index < -0.39 is 5.82 Å². The van der Waals surface area contributed by atoms with Gasteiger partial charge in [-0.15, -0.1) is 0 Å². The minimum absolute atomic E-state index is 0.0422. The van der Waals surface area contributed by atoms with Gasteiger partial charge in [0, 0.05) is 30.8 Å². The molecule has 0 spiro atoms. The van der Waals surface area contributed by atoms with Gasteiger partial charge in [0.1, 0.15) is 5.82 Å². The van der Waals surface area contributed by atoms with Gasteiger partial charge in [-0.05, 0) is 44.2 Å². The fourth-order valence-electron chi connectivity index (χ4n) is 3.51. The Bertz CT molecular complexity index is 656. The van der Waals surface area contributed by atoms with Crippen LogP contribution >= 0.6 is 23.2 Å². The molecule has 0 saturated heterocycles. The summed E-state index contributed by atoms with van der Waals surface area (Å²) < 4.78 is 13.2. The molecular weight excluding hydrogens is 434 g/mol. The number of nitrogens with one attached hydrogen (secondary N) is 2. The molecular formula is C25H41Cl2FN2O. The van der Waals surface area contributed by atoms with Crippen molar-refractivity contribution in [3.05, 3.63) is 45.8 Å². The van der Waals surface area contributed by atoms with Gasteiger partial charge in [-0.25, -0.2) is 4.39 Å². The van der Waals surface area contributed by atoms with Crippen LogP contribution in [0.5, 0.6) is 0 Å². The number of carbonyl (C=O) groups excluding carboxylic acids is 1. The van der Waals surface area contributed by atoms with Gasteiger partial charge >= 0.3 is 0 Å². The normalized spacial score (nSPS) is 19.0. The van der Waals surface area contributed by atoms with E-state index in [1.54, 1.807) is 0 Å². The second kappa shape index (κ2) is 17.3. The van der Waals surface area contributed by atoms with Crippen LogP contribution in [0.15, 0.2) is 24.4 Å². The molecule has 2 aliphatic rings. The van der Waals surface area contributed by atoms with Crippen molar-refractivity contribution in [2.45, 2.75) is 98.6 Å². The number of hydrogen-bond donors (Lipinski definition) is 2. The van der Waals surface area contributed by atoms with Gasteiger partial charge in [-0.2, -0.15) is 0 Å². The lowest BCUT2D eigenvalue weighted by Crippen LogP contribution is -2.23. The monoisotopic (exact) mass is 474 g/mol. The van der Waals surface area contributed by atoms with Crippen molar-refractivity contribution in [2.75, 3.05) is 0 Å². The quantitative estimate of drug-likeness (QED) is 0.433. The van der Waals surface area contributed by atoms with Crippen LogP contribution in [0.4, 0.5) is 4.39 Å². The van der Waals surface area contributed by atoms with Crippen molar-refractivity contribution in [3.8, 4) is 0 Å². The highest BCUT2D eigenvalue weighted by molar-refractivity contribution is 6.42. The number of benzene rings is 1. The number of allylic oxidation sites excluding steroid dienone is 1. The molecule has 0 aliphatic heterocycles. The molecule has 1 amide bonds. The smallest absolute Gasteiger partial charge is 0.217 e. The zero-order valence-electron chi connectivity index (χ0n) is 19.9. The van der Waals surface area contributed by atoms with Crippen molar-refractivity contribution in [1.29, 1.82) is 0 Å². The van der Waals surface area contributed by atoms with Gasteiger partial charge in [0.2, 0.25) is 5.91 Å². The highest BCUT2D eigenvalue weighted by atomic mass is 35.5. The molecule has 2 fully saturated rings. The summed E-state index contributed by atoms with van der Waals surface area (Å²) in [6.07, 6.45) is 11.5.